The number of hydrogen-bond donors (Lipinski definition) is 3. The Morgan fingerprint density at radius 1 is 1.32 bits per heavy atom. The zero-order valence-electron chi connectivity index (χ0n) is 11.3. The zero-order valence-corrected chi connectivity index (χ0v) is 11.3. The number of carbonyl (C=O) groups excluding carboxylic acids is 1. The molecule has 0 radical (unpaired) electrons. The SMILES string of the molecule is CC1CC(NC(=O)NCC2(C(=O)O)CCOCC2)C1. The standard InChI is InChI=1S/C13H22N2O4/c1-9-6-10(7-9)15-12(18)14-8-13(11(16)17)2-4-19-5-3-13/h9-10H,2-8H2,1H3,(H,16,17)(H2,14,15,18). The Balaban J connectivity index is 1.78. The zero-order chi connectivity index (χ0) is 13.9. The minimum Gasteiger partial charge on any atom is -0.481 e. The molecule has 6 nitrogen and oxygen atoms in total. The number of carboxylic acid groups (broad SMARTS) is 1. The van der Waals surface area contributed by atoms with Gasteiger partial charge in [-0.3, -0.25) is 4.79 Å². The van der Waals surface area contributed by atoms with Crippen LogP contribution in [0.1, 0.15) is 32.6 Å². The molecule has 1 saturated carbocycles. The fraction of sp³-hybridized carbons (Fsp3) is 0.846. The van der Waals surface area contributed by atoms with Crippen molar-refractivity contribution in [2.24, 2.45) is 11.3 Å². The maximum atomic E-state index is 11.7. The molecule has 2 aliphatic rings. The lowest BCUT2D eigenvalue weighted by Crippen LogP contribution is -2.52. The Labute approximate surface area is 112 Å². The van der Waals surface area contributed by atoms with Gasteiger partial charge in [0.15, 0.2) is 0 Å². The molecule has 1 heterocycles. The molecule has 19 heavy (non-hydrogen) atoms. The number of ether oxygens (including phenoxy) is 1. The molecule has 0 bridgehead atoms. The third-order valence-electron chi connectivity index (χ3n) is 4.20. The van der Waals surface area contributed by atoms with Gasteiger partial charge in [0.1, 0.15) is 0 Å². The second-order valence-electron chi connectivity index (χ2n) is 5.80. The summed E-state index contributed by atoms with van der Waals surface area (Å²) in [7, 11) is 0. The predicted molar refractivity (Wildman–Crippen MR) is 68.8 cm³/mol. The van der Waals surface area contributed by atoms with Crippen LogP contribution in [0, 0.1) is 11.3 Å². The third-order valence-corrected chi connectivity index (χ3v) is 4.20. The van der Waals surface area contributed by atoms with E-state index in [1.165, 1.54) is 0 Å². The van der Waals surface area contributed by atoms with Crippen LogP contribution in [0.5, 0.6) is 0 Å². The van der Waals surface area contributed by atoms with Gasteiger partial charge in [0.05, 0.1) is 5.41 Å². The van der Waals surface area contributed by atoms with Gasteiger partial charge in [-0.2, -0.15) is 0 Å². The molecule has 1 saturated heterocycles. The van der Waals surface area contributed by atoms with Crippen molar-refractivity contribution in [1.29, 1.82) is 0 Å². The Hall–Kier alpha value is -1.30. The van der Waals surface area contributed by atoms with Gasteiger partial charge in [-0.25, -0.2) is 4.79 Å². The van der Waals surface area contributed by atoms with Crippen LogP contribution in [0.2, 0.25) is 0 Å². The molecule has 1 aliphatic heterocycles. The largest absolute Gasteiger partial charge is 0.481 e. The number of carboxylic acids is 1. The van der Waals surface area contributed by atoms with E-state index >= 15 is 0 Å². The molecule has 6 heteroatoms. The molecule has 0 atom stereocenters. The van der Waals surface area contributed by atoms with Gasteiger partial charge in [0.2, 0.25) is 0 Å². The minimum atomic E-state index is -0.873. The normalized spacial score (nSPS) is 29.1. The number of hydrogen-bond acceptors (Lipinski definition) is 3. The van der Waals surface area contributed by atoms with Crippen molar-refractivity contribution in [3.8, 4) is 0 Å². The minimum absolute atomic E-state index is 0.166. The molecule has 0 aromatic rings. The summed E-state index contributed by atoms with van der Waals surface area (Å²) in [5.41, 5.74) is -0.873. The van der Waals surface area contributed by atoms with E-state index in [0.717, 1.165) is 12.8 Å². The summed E-state index contributed by atoms with van der Waals surface area (Å²) >= 11 is 0. The summed E-state index contributed by atoms with van der Waals surface area (Å²) in [6.45, 7) is 3.20. The Kier molecular flexibility index (Phi) is 4.29. The first-order valence-electron chi connectivity index (χ1n) is 6.87. The molecule has 2 rings (SSSR count). The van der Waals surface area contributed by atoms with Crippen molar-refractivity contribution in [3.05, 3.63) is 0 Å². The highest BCUT2D eigenvalue weighted by molar-refractivity contribution is 5.78. The molecule has 2 amide bonds. The van der Waals surface area contributed by atoms with Crippen molar-refractivity contribution in [3.63, 3.8) is 0 Å². The molecule has 2 fully saturated rings. The van der Waals surface area contributed by atoms with Crippen molar-refractivity contribution >= 4 is 12.0 Å². The van der Waals surface area contributed by atoms with Gasteiger partial charge >= 0.3 is 12.0 Å². The summed E-state index contributed by atoms with van der Waals surface area (Å²) in [5.74, 6) is -0.181. The van der Waals surface area contributed by atoms with Gasteiger partial charge < -0.3 is 20.5 Å². The Bertz CT molecular complexity index is 347. The van der Waals surface area contributed by atoms with E-state index in [0.29, 0.717) is 32.0 Å². The molecule has 1 aliphatic carbocycles. The maximum Gasteiger partial charge on any atom is 0.315 e. The van der Waals surface area contributed by atoms with Crippen LogP contribution < -0.4 is 10.6 Å². The van der Waals surface area contributed by atoms with Crippen molar-refractivity contribution in [1.82, 2.24) is 10.6 Å². The van der Waals surface area contributed by atoms with Crippen molar-refractivity contribution in [2.45, 2.75) is 38.6 Å². The van der Waals surface area contributed by atoms with E-state index in [-0.39, 0.29) is 18.6 Å². The fourth-order valence-corrected chi connectivity index (χ4v) is 2.73. The second kappa shape index (κ2) is 5.77. The van der Waals surface area contributed by atoms with Gasteiger partial charge in [0, 0.05) is 25.8 Å². The lowest BCUT2D eigenvalue weighted by atomic mass is 9.80. The fourth-order valence-electron chi connectivity index (χ4n) is 2.73. The van der Waals surface area contributed by atoms with E-state index in [4.69, 9.17) is 4.74 Å². The summed E-state index contributed by atoms with van der Waals surface area (Å²) in [4.78, 5) is 23.1. The van der Waals surface area contributed by atoms with Gasteiger partial charge in [-0.1, -0.05) is 6.92 Å². The summed E-state index contributed by atoms with van der Waals surface area (Å²) in [6.07, 6.45) is 2.91. The van der Waals surface area contributed by atoms with Gasteiger partial charge in [-0.15, -0.1) is 0 Å². The first-order valence-corrected chi connectivity index (χ1v) is 6.87. The van der Waals surface area contributed by atoms with Crippen LogP contribution >= 0.6 is 0 Å². The number of carbonyl (C=O) groups is 2. The molecule has 0 aromatic carbocycles. The van der Waals surface area contributed by atoms with E-state index in [2.05, 4.69) is 17.6 Å². The monoisotopic (exact) mass is 270 g/mol. The van der Waals surface area contributed by atoms with Crippen molar-refractivity contribution in [2.75, 3.05) is 19.8 Å². The van der Waals surface area contributed by atoms with Crippen LogP contribution in [-0.2, 0) is 9.53 Å². The lowest BCUT2D eigenvalue weighted by Gasteiger charge is -2.35. The van der Waals surface area contributed by atoms with Crippen LogP contribution in [0.15, 0.2) is 0 Å². The molecular formula is C13H22N2O4. The lowest BCUT2D eigenvalue weighted by molar-refractivity contribution is -0.154. The van der Waals surface area contributed by atoms with Crippen LogP contribution in [0.3, 0.4) is 0 Å². The second-order valence-corrected chi connectivity index (χ2v) is 5.80. The Morgan fingerprint density at radius 3 is 2.47 bits per heavy atom. The number of nitrogens with one attached hydrogen (secondary N) is 2. The molecule has 0 aromatic heterocycles. The number of rotatable bonds is 4. The summed E-state index contributed by atoms with van der Waals surface area (Å²) in [5, 5.41) is 14.9. The van der Waals surface area contributed by atoms with Gasteiger partial charge in [0.25, 0.3) is 0 Å². The average molecular weight is 270 g/mol. The third kappa shape index (κ3) is 3.37. The number of amides is 2. The Morgan fingerprint density at radius 2 is 1.95 bits per heavy atom. The average Bonchev–Trinajstić information content (AvgIpc) is 2.35. The highest BCUT2D eigenvalue weighted by Crippen LogP contribution is 2.30. The van der Waals surface area contributed by atoms with Crippen LogP contribution in [0.25, 0.3) is 0 Å². The maximum absolute atomic E-state index is 11.7. The molecule has 0 unspecified atom stereocenters. The van der Waals surface area contributed by atoms with E-state index in [1.807, 2.05) is 0 Å². The van der Waals surface area contributed by atoms with Gasteiger partial charge in [-0.05, 0) is 31.6 Å². The first-order chi connectivity index (χ1) is 9.02. The molecular weight excluding hydrogens is 248 g/mol. The van der Waals surface area contributed by atoms with Crippen molar-refractivity contribution < 1.29 is 19.4 Å². The first kappa shape index (κ1) is 14.1. The topological polar surface area (TPSA) is 87.7 Å². The molecule has 3 N–H and O–H groups in total. The van der Waals surface area contributed by atoms with E-state index in [9.17, 15) is 14.7 Å². The van der Waals surface area contributed by atoms with E-state index < -0.39 is 11.4 Å². The highest BCUT2D eigenvalue weighted by atomic mass is 16.5. The summed E-state index contributed by atoms with van der Waals surface area (Å²) < 4.78 is 5.19. The van der Waals surface area contributed by atoms with Crippen LogP contribution in [-0.4, -0.2) is 42.9 Å². The number of aliphatic carboxylic acids is 1. The molecule has 108 valence electrons. The smallest absolute Gasteiger partial charge is 0.315 e. The highest BCUT2D eigenvalue weighted by Gasteiger charge is 2.40. The van der Waals surface area contributed by atoms with Crippen LogP contribution in [0.4, 0.5) is 4.79 Å². The number of urea groups is 1. The molecule has 0 spiro atoms. The predicted octanol–water partition coefficient (Wildman–Crippen LogP) is 0.965. The summed E-state index contributed by atoms with van der Waals surface area (Å²) in [6, 6.07) is -0.0190. The van der Waals surface area contributed by atoms with E-state index in [1.54, 1.807) is 0 Å². The quantitative estimate of drug-likeness (QED) is 0.710.